The molecule has 166 valence electrons. The van der Waals surface area contributed by atoms with Crippen LogP contribution in [0.15, 0.2) is 36.9 Å². The van der Waals surface area contributed by atoms with Gasteiger partial charge in [0.15, 0.2) is 5.65 Å². The molecule has 2 aliphatic rings. The van der Waals surface area contributed by atoms with Crippen molar-refractivity contribution in [1.82, 2.24) is 24.5 Å². The number of aliphatic hydroxyl groups is 1. The number of hydrogen-bond acceptors (Lipinski definition) is 5. The Labute approximate surface area is 187 Å². The number of pyridine rings is 1. The molecule has 3 aromatic heterocycles. The fourth-order valence-corrected chi connectivity index (χ4v) is 5.73. The molecule has 1 aliphatic carbocycles. The molecule has 7 heteroatoms. The summed E-state index contributed by atoms with van der Waals surface area (Å²) in [6.45, 7) is 3.25. The highest BCUT2D eigenvalue weighted by atomic mass is 16.3. The van der Waals surface area contributed by atoms with Crippen LogP contribution in [-0.2, 0) is 0 Å². The maximum Gasteiger partial charge on any atom is 0.180 e. The van der Waals surface area contributed by atoms with Crippen LogP contribution in [0.1, 0.15) is 51.5 Å². The van der Waals surface area contributed by atoms with E-state index < -0.39 is 0 Å². The number of hydrogen-bond donors (Lipinski definition) is 2. The van der Waals surface area contributed by atoms with Crippen LogP contribution in [0.2, 0.25) is 0 Å². The summed E-state index contributed by atoms with van der Waals surface area (Å²) in [6.07, 6.45) is 11.2. The number of H-pyrrole nitrogens is 1. The van der Waals surface area contributed by atoms with Crippen LogP contribution in [0, 0.1) is 5.92 Å². The Bertz CT molecular complexity index is 1250. The number of benzene rings is 1. The smallest absolute Gasteiger partial charge is 0.180 e. The van der Waals surface area contributed by atoms with Crippen molar-refractivity contribution in [3.8, 4) is 11.1 Å². The summed E-state index contributed by atoms with van der Waals surface area (Å²) >= 11 is 0. The average molecular weight is 431 g/mol. The minimum Gasteiger partial charge on any atom is -0.396 e. The summed E-state index contributed by atoms with van der Waals surface area (Å²) in [5, 5.41) is 9.64. The molecule has 2 unspecified atom stereocenters. The molecule has 0 spiro atoms. The van der Waals surface area contributed by atoms with Crippen LogP contribution < -0.4 is 4.90 Å². The van der Waals surface area contributed by atoms with Crippen LogP contribution >= 0.6 is 0 Å². The van der Waals surface area contributed by atoms with Gasteiger partial charge in [0.25, 0.3) is 0 Å². The zero-order valence-electron chi connectivity index (χ0n) is 18.5. The third-order valence-electron chi connectivity index (χ3n) is 7.45. The van der Waals surface area contributed by atoms with Gasteiger partial charge < -0.3 is 19.6 Å². The van der Waals surface area contributed by atoms with E-state index >= 15 is 0 Å². The molecule has 1 saturated heterocycles. The zero-order valence-corrected chi connectivity index (χ0v) is 18.5. The first kappa shape index (κ1) is 19.7. The second-order valence-corrected chi connectivity index (χ2v) is 9.56. The number of fused-ring (bicyclic) bond motifs is 2. The molecule has 4 aromatic rings. The molecule has 6 rings (SSSR count). The van der Waals surface area contributed by atoms with Gasteiger partial charge in [0.1, 0.15) is 5.82 Å². The summed E-state index contributed by atoms with van der Waals surface area (Å²) in [5.74, 6) is 1.22. The molecule has 1 saturated carbocycles. The Balaban J connectivity index is 1.41. The number of nitrogens with zero attached hydrogens (tertiary/aromatic N) is 5. The van der Waals surface area contributed by atoms with E-state index in [2.05, 4.69) is 50.6 Å². The number of aliphatic hydroxyl groups excluding tert-OH is 1. The van der Waals surface area contributed by atoms with Crippen molar-refractivity contribution >= 4 is 28.0 Å². The van der Waals surface area contributed by atoms with Gasteiger partial charge in [0, 0.05) is 36.7 Å². The molecule has 32 heavy (non-hydrogen) atoms. The minimum absolute atomic E-state index is 0.221. The van der Waals surface area contributed by atoms with Crippen molar-refractivity contribution in [3.63, 3.8) is 0 Å². The Morgan fingerprint density at radius 3 is 2.81 bits per heavy atom. The normalized spacial score (nSPS) is 22.4. The Morgan fingerprint density at radius 2 is 2.00 bits per heavy atom. The third-order valence-corrected chi connectivity index (χ3v) is 7.45. The van der Waals surface area contributed by atoms with Crippen molar-refractivity contribution in [2.24, 2.45) is 5.92 Å². The zero-order chi connectivity index (χ0) is 21.7. The standard InChI is InChI=1S/C25H30N6O/c1-16-9-17(13-32)12-30(16)23-11-20(24-25(29-23)27-14-26-24)18-7-8-22-21(10-18)28-15-31(22)19-5-3-2-4-6-19/h7-8,10-11,14-17,19,32H,2-6,9,12-13H2,1H3,(H,26,27,29). The predicted octanol–water partition coefficient (Wildman–Crippen LogP) is 4.69. The monoisotopic (exact) mass is 430 g/mol. The number of imidazole rings is 2. The molecule has 2 fully saturated rings. The number of nitrogens with one attached hydrogen (secondary N) is 1. The van der Waals surface area contributed by atoms with Crippen molar-refractivity contribution in [2.75, 3.05) is 18.1 Å². The largest absolute Gasteiger partial charge is 0.396 e. The quantitative estimate of drug-likeness (QED) is 0.491. The van der Waals surface area contributed by atoms with E-state index in [0.29, 0.717) is 18.0 Å². The molecule has 2 N–H and O–H groups in total. The summed E-state index contributed by atoms with van der Waals surface area (Å²) in [4.78, 5) is 19.6. The summed E-state index contributed by atoms with van der Waals surface area (Å²) < 4.78 is 2.38. The SMILES string of the molecule is CC1CC(CO)CN1c1cc(-c2ccc3c(c2)ncn3C2CCCCC2)c2[nH]cnc2n1. The van der Waals surface area contributed by atoms with Gasteiger partial charge in [-0.3, -0.25) is 0 Å². The molecule has 1 aliphatic heterocycles. The van der Waals surface area contributed by atoms with Gasteiger partial charge >= 0.3 is 0 Å². The van der Waals surface area contributed by atoms with Gasteiger partial charge in [-0.2, -0.15) is 0 Å². The fourth-order valence-electron chi connectivity index (χ4n) is 5.73. The van der Waals surface area contributed by atoms with E-state index in [1.807, 2.05) is 6.33 Å². The van der Waals surface area contributed by atoms with Crippen LogP contribution in [0.4, 0.5) is 5.82 Å². The first-order chi connectivity index (χ1) is 15.7. The van der Waals surface area contributed by atoms with Crippen LogP contribution in [0.3, 0.4) is 0 Å². The highest BCUT2D eigenvalue weighted by Crippen LogP contribution is 2.36. The van der Waals surface area contributed by atoms with Gasteiger partial charge in [-0.25, -0.2) is 15.0 Å². The molecule has 7 nitrogen and oxygen atoms in total. The molecule has 1 aromatic carbocycles. The van der Waals surface area contributed by atoms with Crippen molar-refractivity contribution in [3.05, 3.63) is 36.9 Å². The van der Waals surface area contributed by atoms with E-state index in [0.717, 1.165) is 46.6 Å². The van der Waals surface area contributed by atoms with Crippen molar-refractivity contribution in [2.45, 2.75) is 57.5 Å². The van der Waals surface area contributed by atoms with Crippen molar-refractivity contribution < 1.29 is 5.11 Å². The third kappa shape index (κ3) is 3.26. The van der Waals surface area contributed by atoms with E-state index in [1.165, 1.54) is 37.6 Å². The van der Waals surface area contributed by atoms with Crippen LogP contribution in [0.25, 0.3) is 33.3 Å². The Kier molecular flexibility index (Phi) is 4.86. The van der Waals surface area contributed by atoms with Gasteiger partial charge in [-0.1, -0.05) is 25.3 Å². The van der Waals surface area contributed by atoms with Crippen LogP contribution in [-0.4, -0.2) is 48.8 Å². The number of anilines is 1. The lowest BCUT2D eigenvalue weighted by atomic mass is 9.95. The molecule has 0 bridgehead atoms. The second-order valence-electron chi connectivity index (χ2n) is 9.56. The van der Waals surface area contributed by atoms with Gasteiger partial charge in [0.2, 0.25) is 0 Å². The minimum atomic E-state index is 0.221. The Hall–Kier alpha value is -2.93. The maximum absolute atomic E-state index is 9.64. The first-order valence-corrected chi connectivity index (χ1v) is 11.9. The second kappa shape index (κ2) is 7.89. The maximum atomic E-state index is 9.64. The molecular formula is C25H30N6O. The topological polar surface area (TPSA) is 82.9 Å². The highest BCUT2D eigenvalue weighted by molar-refractivity contribution is 5.94. The molecular weight excluding hydrogens is 400 g/mol. The van der Waals surface area contributed by atoms with E-state index in [-0.39, 0.29) is 6.61 Å². The predicted molar refractivity (Wildman–Crippen MR) is 127 cm³/mol. The van der Waals surface area contributed by atoms with E-state index in [9.17, 15) is 5.11 Å². The lowest BCUT2D eigenvalue weighted by molar-refractivity contribution is 0.236. The fraction of sp³-hybridized carbons (Fsp3) is 0.480. The lowest BCUT2D eigenvalue weighted by Gasteiger charge is -2.24. The van der Waals surface area contributed by atoms with Crippen molar-refractivity contribution in [1.29, 1.82) is 0 Å². The molecule has 4 heterocycles. The lowest BCUT2D eigenvalue weighted by Crippen LogP contribution is -2.28. The summed E-state index contributed by atoms with van der Waals surface area (Å²) in [5.41, 5.74) is 6.14. The molecule has 0 radical (unpaired) electrons. The first-order valence-electron chi connectivity index (χ1n) is 11.9. The summed E-state index contributed by atoms with van der Waals surface area (Å²) in [7, 11) is 0. The van der Waals surface area contributed by atoms with Gasteiger partial charge in [-0.05, 0) is 49.9 Å². The Morgan fingerprint density at radius 1 is 1.12 bits per heavy atom. The number of aromatic nitrogens is 5. The average Bonchev–Trinajstić information content (AvgIpc) is 3.56. The van der Waals surface area contributed by atoms with Gasteiger partial charge in [0.05, 0.1) is 29.2 Å². The molecule has 2 atom stereocenters. The van der Waals surface area contributed by atoms with E-state index in [4.69, 9.17) is 9.97 Å². The van der Waals surface area contributed by atoms with Gasteiger partial charge in [-0.15, -0.1) is 0 Å². The van der Waals surface area contributed by atoms with E-state index in [1.54, 1.807) is 6.33 Å². The summed E-state index contributed by atoms with van der Waals surface area (Å²) in [6, 6.07) is 9.69. The number of aromatic amines is 1. The highest BCUT2D eigenvalue weighted by Gasteiger charge is 2.30. The number of rotatable bonds is 4. The van der Waals surface area contributed by atoms with Crippen LogP contribution in [0.5, 0.6) is 0 Å². The molecule has 0 amide bonds.